The summed E-state index contributed by atoms with van der Waals surface area (Å²) in [5.74, 6) is 1.60. The molecular weight excluding hydrogens is 364 g/mol. The van der Waals surface area contributed by atoms with E-state index in [1.54, 1.807) is 6.08 Å². The van der Waals surface area contributed by atoms with Gasteiger partial charge in [0, 0.05) is 0 Å². The minimum absolute atomic E-state index is 0.452. The molecule has 0 amide bonds. The van der Waals surface area contributed by atoms with Gasteiger partial charge < -0.3 is 9.47 Å². The van der Waals surface area contributed by atoms with Gasteiger partial charge in [0.15, 0.2) is 0 Å². The maximum atomic E-state index is 6.43. The van der Waals surface area contributed by atoms with Crippen molar-refractivity contribution in [2.75, 3.05) is 13.2 Å². The molecule has 0 fully saturated rings. The standard InChI is InChI=1S/C18H18BrClO2/c1-3-11-22-16-10-7-14(18(20)17(16)19)12-13-5-8-15(9-6-13)21-4-2/h3,5-10H,1,4,11-12H2,2H3. The molecule has 2 aromatic carbocycles. The SMILES string of the molecule is C=CCOc1ccc(Cc2ccc(OCC)cc2)c(Cl)c1Br. The topological polar surface area (TPSA) is 18.5 Å². The van der Waals surface area contributed by atoms with Gasteiger partial charge in [0.2, 0.25) is 0 Å². The van der Waals surface area contributed by atoms with Gasteiger partial charge in [0.05, 0.1) is 16.1 Å². The van der Waals surface area contributed by atoms with E-state index in [9.17, 15) is 0 Å². The second-order valence-electron chi connectivity index (χ2n) is 4.70. The predicted molar refractivity (Wildman–Crippen MR) is 95.3 cm³/mol. The van der Waals surface area contributed by atoms with Gasteiger partial charge in [0.25, 0.3) is 0 Å². The molecule has 2 rings (SSSR count). The first kappa shape index (κ1) is 16.9. The molecule has 0 aliphatic rings. The van der Waals surface area contributed by atoms with Crippen molar-refractivity contribution in [1.29, 1.82) is 0 Å². The van der Waals surface area contributed by atoms with E-state index in [0.29, 0.717) is 18.2 Å². The second kappa shape index (κ2) is 8.25. The number of rotatable bonds is 7. The average Bonchev–Trinajstić information content (AvgIpc) is 2.53. The Morgan fingerprint density at radius 2 is 1.86 bits per heavy atom. The molecule has 116 valence electrons. The zero-order chi connectivity index (χ0) is 15.9. The number of halogens is 2. The summed E-state index contributed by atoms with van der Waals surface area (Å²) in [5.41, 5.74) is 2.22. The number of benzene rings is 2. The van der Waals surface area contributed by atoms with Crippen LogP contribution in [-0.2, 0) is 6.42 Å². The fourth-order valence-corrected chi connectivity index (χ4v) is 2.78. The number of ether oxygens (including phenoxy) is 2. The molecule has 0 saturated carbocycles. The van der Waals surface area contributed by atoms with Gasteiger partial charge in [-0.05, 0) is 58.6 Å². The zero-order valence-electron chi connectivity index (χ0n) is 12.4. The highest BCUT2D eigenvalue weighted by Crippen LogP contribution is 2.36. The summed E-state index contributed by atoms with van der Waals surface area (Å²) >= 11 is 9.93. The van der Waals surface area contributed by atoms with Gasteiger partial charge in [-0.3, -0.25) is 0 Å². The molecule has 0 aromatic heterocycles. The van der Waals surface area contributed by atoms with E-state index in [-0.39, 0.29) is 0 Å². The molecule has 0 atom stereocenters. The molecule has 0 aliphatic heterocycles. The minimum atomic E-state index is 0.452. The Kier molecular flexibility index (Phi) is 6.34. The van der Waals surface area contributed by atoms with Crippen molar-refractivity contribution in [1.82, 2.24) is 0 Å². The summed E-state index contributed by atoms with van der Waals surface area (Å²) in [6.45, 7) is 6.73. The smallest absolute Gasteiger partial charge is 0.135 e. The van der Waals surface area contributed by atoms with Gasteiger partial charge >= 0.3 is 0 Å². The number of hydrogen-bond donors (Lipinski definition) is 0. The van der Waals surface area contributed by atoms with Gasteiger partial charge in [0.1, 0.15) is 18.1 Å². The maximum Gasteiger partial charge on any atom is 0.135 e. The summed E-state index contributed by atoms with van der Waals surface area (Å²) in [6, 6.07) is 12.0. The largest absolute Gasteiger partial charge is 0.494 e. The normalized spacial score (nSPS) is 10.3. The molecule has 2 aromatic rings. The van der Waals surface area contributed by atoms with Crippen LogP contribution in [0.4, 0.5) is 0 Å². The van der Waals surface area contributed by atoms with Gasteiger partial charge in [-0.2, -0.15) is 0 Å². The molecule has 2 nitrogen and oxygen atoms in total. The second-order valence-corrected chi connectivity index (χ2v) is 5.88. The molecule has 0 spiro atoms. The van der Waals surface area contributed by atoms with Crippen LogP contribution < -0.4 is 9.47 Å². The van der Waals surface area contributed by atoms with E-state index >= 15 is 0 Å². The summed E-state index contributed by atoms with van der Waals surface area (Å²) < 4.78 is 11.8. The minimum Gasteiger partial charge on any atom is -0.494 e. The van der Waals surface area contributed by atoms with Crippen LogP contribution in [-0.4, -0.2) is 13.2 Å². The molecule has 0 aliphatic carbocycles. The predicted octanol–water partition coefficient (Wildman–Crippen LogP) is 5.66. The lowest BCUT2D eigenvalue weighted by Gasteiger charge is -2.12. The monoisotopic (exact) mass is 380 g/mol. The van der Waals surface area contributed by atoms with E-state index in [0.717, 1.165) is 28.0 Å². The first-order valence-corrected chi connectivity index (χ1v) is 8.25. The third kappa shape index (κ3) is 4.28. The molecule has 22 heavy (non-hydrogen) atoms. The van der Waals surface area contributed by atoms with Crippen molar-refractivity contribution in [2.45, 2.75) is 13.3 Å². The highest BCUT2D eigenvalue weighted by Gasteiger charge is 2.11. The van der Waals surface area contributed by atoms with E-state index in [1.165, 1.54) is 5.56 Å². The van der Waals surface area contributed by atoms with Crippen molar-refractivity contribution < 1.29 is 9.47 Å². The van der Waals surface area contributed by atoms with Gasteiger partial charge in [-0.25, -0.2) is 0 Å². The molecule has 0 unspecified atom stereocenters. The van der Waals surface area contributed by atoms with Crippen molar-refractivity contribution in [3.8, 4) is 11.5 Å². The first-order valence-electron chi connectivity index (χ1n) is 7.08. The van der Waals surface area contributed by atoms with E-state index in [4.69, 9.17) is 21.1 Å². The van der Waals surface area contributed by atoms with E-state index in [1.807, 2.05) is 31.2 Å². The summed E-state index contributed by atoms with van der Waals surface area (Å²) in [7, 11) is 0. The van der Waals surface area contributed by atoms with Crippen molar-refractivity contribution in [3.63, 3.8) is 0 Å². The third-order valence-electron chi connectivity index (χ3n) is 3.11. The maximum absolute atomic E-state index is 6.43. The van der Waals surface area contributed by atoms with E-state index < -0.39 is 0 Å². The van der Waals surface area contributed by atoms with Crippen LogP contribution in [0.3, 0.4) is 0 Å². The fourth-order valence-electron chi connectivity index (χ4n) is 2.06. The van der Waals surface area contributed by atoms with Crippen LogP contribution in [0.15, 0.2) is 53.5 Å². The van der Waals surface area contributed by atoms with Gasteiger partial charge in [-0.15, -0.1) is 0 Å². The summed E-state index contributed by atoms with van der Waals surface area (Å²) in [4.78, 5) is 0. The van der Waals surface area contributed by atoms with Crippen molar-refractivity contribution >= 4 is 27.5 Å². The average molecular weight is 382 g/mol. The van der Waals surface area contributed by atoms with Crippen molar-refractivity contribution in [2.24, 2.45) is 0 Å². The molecule has 0 radical (unpaired) electrons. The number of hydrogen-bond acceptors (Lipinski definition) is 2. The zero-order valence-corrected chi connectivity index (χ0v) is 14.8. The fraction of sp³-hybridized carbons (Fsp3) is 0.222. The van der Waals surface area contributed by atoms with Gasteiger partial charge in [-0.1, -0.05) is 42.5 Å². The lowest BCUT2D eigenvalue weighted by molar-refractivity contribution is 0.340. The van der Waals surface area contributed by atoms with Crippen molar-refractivity contribution in [3.05, 3.63) is 69.7 Å². The third-order valence-corrected chi connectivity index (χ3v) is 4.56. The van der Waals surface area contributed by atoms with Crippen LogP contribution in [0.1, 0.15) is 18.1 Å². The Morgan fingerprint density at radius 3 is 2.50 bits per heavy atom. The Hall–Kier alpha value is -1.45. The molecule has 4 heteroatoms. The summed E-state index contributed by atoms with van der Waals surface area (Å²) in [5, 5.41) is 0.676. The highest BCUT2D eigenvalue weighted by atomic mass is 79.9. The lowest BCUT2D eigenvalue weighted by atomic mass is 10.0. The molecular formula is C18H18BrClO2. The molecule has 0 heterocycles. The lowest BCUT2D eigenvalue weighted by Crippen LogP contribution is -1.97. The Balaban J connectivity index is 2.15. The summed E-state index contributed by atoms with van der Waals surface area (Å²) in [6.07, 6.45) is 2.46. The molecule has 0 saturated heterocycles. The Morgan fingerprint density at radius 1 is 1.14 bits per heavy atom. The van der Waals surface area contributed by atoms with E-state index in [2.05, 4.69) is 34.6 Å². The Labute approximate surface area is 144 Å². The van der Waals surface area contributed by atoms with Crippen LogP contribution in [0.25, 0.3) is 0 Å². The van der Waals surface area contributed by atoms with Crippen LogP contribution in [0.2, 0.25) is 5.02 Å². The van der Waals surface area contributed by atoms with Crippen LogP contribution >= 0.6 is 27.5 Å². The highest BCUT2D eigenvalue weighted by molar-refractivity contribution is 9.10. The van der Waals surface area contributed by atoms with Crippen LogP contribution in [0.5, 0.6) is 11.5 Å². The first-order chi connectivity index (χ1) is 10.7. The molecule has 0 bridgehead atoms. The quantitative estimate of drug-likeness (QED) is 0.576. The Bertz CT molecular complexity index is 638. The van der Waals surface area contributed by atoms with Crippen LogP contribution in [0, 0.1) is 0 Å². The molecule has 0 N–H and O–H groups in total.